The molecule has 8 nitrogen and oxygen atoms in total. The second-order valence-corrected chi connectivity index (χ2v) is 7.64. The van der Waals surface area contributed by atoms with E-state index in [1.807, 2.05) is 52.0 Å². The molecule has 0 saturated carbocycles. The Morgan fingerprint density at radius 1 is 1.25 bits per heavy atom. The van der Waals surface area contributed by atoms with Gasteiger partial charge in [0.2, 0.25) is 5.91 Å². The van der Waals surface area contributed by atoms with E-state index in [4.69, 9.17) is 4.74 Å². The van der Waals surface area contributed by atoms with Gasteiger partial charge in [-0.15, -0.1) is 0 Å². The van der Waals surface area contributed by atoms with Crippen LogP contribution in [0.2, 0.25) is 0 Å². The van der Waals surface area contributed by atoms with Gasteiger partial charge in [-0.3, -0.25) is 4.79 Å². The summed E-state index contributed by atoms with van der Waals surface area (Å²) in [4.78, 5) is 29.7. The number of benzene rings is 1. The summed E-state index contributed by atoms with van der Waals surface area (Å²) in [5.74, 6) is 0.0267. The maximum atomic E-state index is 12.4. The maximum Gasteiger partial charge on any atom is 0.407 e. The average molecular weight is 387 g/mol. The molecule has 8 heteroatoms. The number of hydrogen-bond donors (Lipinski definition) is 1. The third-order valence-corrected chi connectivity index (χ3v) is 4.27. The van der Waals surface area contributed by atoms with Gasteiger partial charge < -0.3 is 15.0 Å². The summed E-state index contributed by atoms with van der Waals surface area (Å²) in [6.07, 6.45) is 3.57. The highest BCUT2D eigenvalue weighted by Gasteiger charge is 2.18. The topological polar surface area (TPSA) is 89.4 Å². The van der Waals surface area contributed by atoms with Gasteiger partial charge in [-0.2, -0.15) is 5.10 Å². The minimum absolute atomic E-state index is 0.0267. The van der Waals surface area contributed by atoms with Gasteiger partial charge in [0, 0.05) is 20.0 Å². The van der Waals surface area contributed by atoms with Crippen LogP contribution in [-0.2, 0) is 9.53 Å². The van der Waals surface area contributed by atoms with Gasteiger partial charge in [0.25, 0.3) is 0 Å². The highest BCUT2D eigenvalue weighted by Crippen LogP contribution is 2.21. The predicted octanol–water partition coefficient (Wildman–Crippen LogP) is 3.09. The minimum atomic E-state index is -0.529. The largest absolute Gasteiger partial charge is 0.444 e. The summed E-state index contributed by atoms with van der Waals surface area (Å²) in [6.45, 7) is 7.82. The fourth-order valence-electron chi connectivity index (χ4n) is 2.61. The van der Waals surface area contributed by atoms with E-state index < -0.39 is 11.7 Å². The summed E-state index contributed by atoms with van der Waals surface area (Å²) in [7, 11) is 1.79. The van der Waals surface area contributed by atoms with Crippen LogP contribution in [-0.4, -0.2) is 50.9 Å². The summed E-state index contributed by atoms with van der Waals surface area (Å²) in [5, 5.41) is 6.77. The molecule has 0 spiro atoms. The molecule has 0 radical (unpaired) electrons. The third-order valence-electron chi connectivity index (χ3n) is 4.27. The lowest BCUT2D eigenvalue weighted by molar-refractivity contribution is -0.131. The van der Waals surface area contributed by atoms with E-state index in [0.717, 1.165) is 11.3 Å². The highest BCUT2D eigenvalue weighted by molar-refractivity contribution is 5.76. The molecular weight excluding hydrogens is 358 g/mol. The molecule has 1 heterocycles. The van der Waals surface area contributed by atoms with E-state index >= 15 is 0 Å². The second-order valence-electron chi connectivity index (χ2n) is 7.64. The number of nitrogens with zero attached hydrogens (tertiary/aromatic N) is 4. The maximum absolute atomic E-state index is 12.4. The van der Waals surface area contributed by atoms with Gasteiger partial charge in [0.1, 0.15) is 18.3 Å². The number of alkyl carbamates (subject to hydrolysis) is 1. The Balaban J connectivity index is 1.79. The fraction of sp³-hybridized carbons (Fsp3) is 0.500. The van der Waals surface area contributed by atoms with Crippen LogP contribution >= 0.6 is 0 Å². The molecule has 1 N–H and O–H groups in total. The fourth-order valence-corrected chi connectivity index (χ4v) is 2.61. The van der Waals surface area contributed by atoms with Crippen LogP contribution in [0.25, 0.3) is 5.69 Å². The number of hydrogen-bond acceptors (Lipinski definition) is 5. The summed E-state index contributed by atoms with van der Waals surface area (Å²) in [6, 6.07) is 7.80. The molecule has 0 aliphatic heterocycles. The molecule has 1 aromatic carbocycles. The second kappa shape index (κ2) is 9.34. The molecule has 0 fully saturated rings. The molecule has 0 unspecified atom stereocenters. The molecule has 0 bridgehead atoms. The number of carbonyl (C=O) groups is 2. The lowest BCUT2D eigenvalue weighted by Crippen LogP contribution is -2.34. The molecule has 152 valence electrons. The Morgan fingerprint density at radius 2 is 1.93 bits per heavy atom. The van der Waals surface area contributed by atoms with Crippen molar-refractivity contribution in [3.63, 3.8) is 0 Å². The van der Waals surface area contributed by atoms with E-state index in [-0.39, 0.29) is 11.9 Å². The minimum Gasteiger partial charge on any atom is -0.444 e. The van der Waals surface area contributed by atoms with Crippen LogP contribution in [0.4, 0.5) is 4.79 Å². The first-order valence-corrected chi connectivity index (χ1v) is 9.35. The molecular formula is C20H29N5O3. The van der Waals surface area contributed by atoms with Crippen LogP contribution in [0, 0.1) is 0 Å². The third kappa shape index (κ3) is 6.37. The molecule has 2 amide bonds. The Bertz CT molecular complexity index is 766. The van der Waals surface area contributed by atoms with Crippen LogP contribution in [0.3, 0.4) is 0 Å². The van der Waals surface area contributed by atoms with Gasteiger partial charge in [0.15, 0.2) is 0 Å². The van der Waals surface area contributed by atoms with Crippen molar-refractivity contribution in [3.05, 3.63) is 42.5 Å². The van der Waals surface area contributed by atoms with Crippen molar-refractivity contribution in [3.8, 4) is 5.69 Å². The van der Waals surface area contributed by atoms with Gasteiger partial charge in [-0.25, -0.2) is 14.5 Å². The summed E-state index contributed by atoms with van der Waals surface area (Å²) < 4.78 is 6.85. The van der Waals surface area contributed by atoms with Gasteiger partial charge >= 0.3 is 6.09 Å². The quantitative estimate of drug-likeness (QED) is 0.738. The predicted molar refractivity (Wildman–Crippen MR) is 106 cm³/mol. The molecule has 0 saturated heterocycles. The zero-order valence-electron chi connectivity index (χ0n) is 17.2. The van der Waals surface area contributed by atoms with E-state index in [1.165, 1.54) is 6.33 Å². The normalized spacial score (nSPS) is 12.3. The van der Waals surface area contributed by atoms with Crippen LogP contribution in [0.5, 0.6) is 0 Å². The van der Waals surface area contributed by atoms with Crippen molar-refractivity contribution >= 4 is 12.0 Å². The van der Waals surface area contributed by atoms with E-state index in [9.17, 15) is 9.59 Å². The molecule has 1 atom stereocenters. The molecule has 0 aliphatic carbocycles. The first-order valence-electron chi connectivity index (χ1n) is 9.35. The summed E-state index contributed by atoms with van der Waals surface area (Å²) in [5.41, 5.74) is 1.42. The average Bonchev–Trinajstić information content (AvgIpc) is 3.17. The molecule has 2 aromatic rings. The van der Waals surface area contributed by atoms with Crippen molar-refractivity contribution in [2.24, 2.45) is 0 Å². The lowest BCUT2D eigenvalue weighted by atomic mass is 10.1. The van der Waals surface area contributed by atoms with Crippen molar-refractivity contribution < 1.29 is 14.3 Å². The van der Waals surface area contributed by atoms with Crippen molar-refractivity contribution in [1.29, 1.82) is 0 Å². The molecule has 0 aliphatic rings. The van der Waals surface area contributed by atoms with E-state index in [1.54, 1.807) is 23.0 Å². The molecule has 28 heavy (non-hydrogen) atoms. The smallest absolute Gasteiger partial charge is 0.407 e. The monoisotopic (exact) mass is 387 g/mol. The Labute approximate surface area is 165 Å². The van der Waals surface area contributed by atoms with Gasteiger partial charge in [-0.05, 0) is 51.8 Å². The number of amides is 2. The molecule has 1 aromatic heterocycles. The number of ether oxygens (including phenoxy) is 1. The SMILES string of the molecule is C[C@@H](c1ccc(-n2cncn2)cc1)N(C)C(=O)CCCNC(=O)OC(C)(C)C. The van der Waals surface area contributed by atoms with Crippen molar-refractivity contribution in [2.45, 2.75) is 52.2 Å². The standard InChI is InChI=1S/C20H29N5O3/c1-15(16-8-10-17(11-9-16)25-14-21-13-23-25)24(5)18(26)7-6-12-22-19(27)28-20(2,3)4/h8-11,13-15H,6-7,12H2,1-5H3,(H,22,27)/t15-/m0/s1. The van der Waals surface area contributed by atoms with E-state index in [0.29, 0.717) is 19.4 Å². The number of nitrogens with one attached hydrogen (secondary N) is 1. The first-order chi connectivity index (χ1) is 13.2. The Kier molecular flexibility index (Phi) is 7.14. The van der Waals surface area contributed by atoms with Crippen LogP contribution in [0.1, 0.15) is 52.1 Å². The number of rotatable bonds is 7. The zero-order valence-corrected chi connectivity index (χ0v) is 17.2. The van der Waals surface area contributed by atoms with Crippen LogP contribution in [0.15, 0.2) is 36.9 Å². The Morgan fingerprint density at radius 3 is 2.50 bits per heavy atom. The van der Waals surface area contributed by atoms with Gasteiger partial charge in [-0.1, -0.05) is 12.1 Å². The zero-order chi connectivity index (χ0) is 20.7. The molecule has 2 rings (SSSR count). The lowest BCUT2D eigenvalue weighted by Gasteiger charge is -2.25. The van der Waals surface area contributed by atoms with E-state index in [2.05, 4.69) is 15.4 Å². The number of carbonyl (C=O) groups excluding carboxylic acids is 2. The highest BCUT2D eigenvalue weighted by atomic mass is 16.6. The Hall–Kier alpha value is -2.90. The first kappa shape index (κ1) is 21.4. The summed E-state index contributed by atoms with van der Waals surface area (Å²) >= 11 is 0. The van der Waals surface area contributed by atoms with Crippen LogP contribution < -0.4 is 5.32 Å². The number of aromatic nitrogens is 3. The van der Waals surface area contributed by atoms with Crippen molar-refractivity contribution in [2.75, 3.05) is 13.6 Å². The van der Waals surface area contributed by atoms with Gasteiger partial charge in [0.05, 0.1) is 11.7 Å². The van der Waals surface area contributed by atoms with Crippen molar-refractivity contribution in [1.82, 2.24) is 25.0 Å².